The Morgan fingerprint density at radius 1 is 1.29 bits per heavy atom. The first-order valence-corrected chi connectivity index (χ1v) is 7.77. The summed E-state index contributed by atoms with van der Waals surface area (Å²) < 4.78 is 0. The molecule has 1 aliphatic rings. The number of nitrogens with zero attached hydrogens (tertiary/aromatic N) is 1. The zero-order chi connectivity index (χ0) is 14.7. The number of amides is 1. The second-order valence-corrected chi connectivity index (χ2v) is 5.85. The summed E-state index contributed by atoms with van der Waals surface area (Å²) in [4.78, 5) is 17.6. The van der Waals surface area contributed by atoms with Crippen LogP contribution in [0.4, 0.5) is 0 Å². The monoisotopic (exact) mass is 285 g/mol. The first-order chi connectivity index (χ1) is 10.3. The third-order valence-electron chi connectivity index (χ3n) is 4.53. The van der Waals surface area contributed by atoms with Crippen LogP contribution in [0.2, 0.25) is 0 Å². The maximum Gasteiger partial charge on any atom is 0.222 e. The molecule has 4 heteroatoms. The van der Waals surface area contributed by atoms with Crippen LogP contribution in [0.5, 0.6) is 0 Å². The number of nitrogens with one attached hydrogen (secondary N) is 2. The summed E-state index contributed by atoms with van der Waals surface area (Å²) in [5, 5.41) is 4.57. The lowest BCUT2D eigenvalue weighted by molar-refractivity contribution is -0.132. The van der Waals surface area contributed by atoms with Gasteiger partial charge < -0.3 is 15.2 Å². The van der Waals surface area contributed by atoms with Crippen LogP contribution in [-0.2, 0) is 11.2 Å². The number of rotatable bonds is 4. The van der Waals surface area contributed by atoms with Gasteiger partial charge in [0.05, 0.1) is 0 Å². The molecule has 0 radical (unpaired) electrons. The van der Waals surface area contributed by atoms with Crippen molar-refractivity contribution in [3.63, 3.8) is 0 Å². The van der Waals surface area contributed by atoms with Crippen molar-refractivity contribution in [2.75, 3.05) is 20.1 Å². The second-order valence-electron chi connectivity index (χ2n) is 5.85. The number of carbonyl (C=O) groups excluding carboxylic acids is 1. The van der Waals surface area contributed by atoms with E-state index in [1.54, 1.807) is 0 Å². The predicted molar refractivity (Wildman–Crippen MR) is 85.3 cm³/mol. The van der Waals surface area contributed by atoms with Gasteiger partial charge in [0.1, 0.15) is 0 Å². The van der Waals surface area contributed by atoms with Crippen molar-refractivity contribution in [2.24, 2.45) is 0 Å². The Bertz CT molecular complexity index is 613. The molecule has 2 heterocycles. The van der Waals surface area contributed by atoms with Crippen LogP contribution in [0, 0.1) is 0 Å². The maximum absolute atomic E-state index is 12.4. The molecule has 0 spiro atoms. The molecule has 2 aromatic rings. The minimum atomic E-state index is 0.257. The molecule has 1 aromatic carbocycles. The topological polar surface area (TPSA) is 48.1 Å². The molecule has 0 aliphatic carbocycles. The van der Waals surface area contributed by atoms with Crippen molar-refractivity contribution in [1.29, 1.82) is 0 Å². The lowest BCUT2D eigenvalue weighted by atomic mass is 10.0. The van der Waals surface area contributed by atoms with E-state index in [2.05, 4.69) is 22.4 Å². The number of piperidine rings is 1. The highest BCUT2D eigenvalue weighted by atomic mass is 16.2. The fraction of sp³-hybridized carbons (Fsp3) is 0.471. The van der Waals surface area contributed by atoms with Crippen LogP contribution >= 0.6 is 0 Å². The molecule has 3 rings (SSSR count). The number of carbonyl (C=O) groups is 1. The molecule has 0 bridgehead atoms. The first kappa shape index (κ1) is 14.1. The van der Waals surface area contributed by atoms with E-state index in [0.29, 0.717) is 12.5 Å². The Hall–Kier alpha value is -1.81. The van der Waals surface area contributed by atoms with Crippen molar-refractivity contribution in [3.05, 3.63) is 36.0 Å². The fourth-order valence-electron chi connectivity index (χ4n) is 3.15. The SMILES string of the molecule is CN(C(=O)CCc1c[nH]c2ccccc12)C1CCNCC1. The van der Waals surface area contributed by atoms with Crippen LogP contribution in [0.1, 0.15) is 24.8 Å². The highest BCUT2D eigenvalue weighted by Gasteiger charge is 2.21. The van der Waals surface area contributed by atoms with Crippen molar-refractivity contribution >= 4 is 16.8 Å². The highest BCUT2D eigenvalue weighted by Crippen LogP contribution is 2.20. The maximum atomic E-state index is 12.4. The lowest BCUT2D eigenvalue weighted by Crippen LogP contribution is -2.44. The van der Waals surface area contributed by atoms with Gasteiger partial charge >= 0.3 is 0 Å². The van der Waals surface area contributed by atoms with E-state index < -0.39 is 0 Å². The average molecular weight is 285 g/mol. The van der Waals surface area contributed by atoms with Gasteiger partial charge in [-0.05, 0) is 44.0 Å². The highest BCUT2D eigenvalue weighted by molar-refractivity contribution is 5.84. The summed E-state index contributed by atoms with van der Waals surface area (Å²) in [5.41, 5.74) is 2.38. The van der Waals surface area contributed by atoms with E-state index in [-0.39, 0.29) is 5.91 Å². The van der Waals surface area contributed by atoms with Crippen LogP contribution in [0.3, 0.4) is 0 Å². The van der Waals surface area contributed by atoms with Crippen LogP contribution in [-0.4, -0.2) is 42.0 Å². The van der Waals surface area contributed by atoms with Gasteiger partial charge in [0, 0.05) is 36.6 Å². The van der Waals surface area contributed by atoms with Gasteiger partial charge in [-0.3, -0.25) is 4.79 Å². The Labute approximate surface area is 125 Å². The molecule has 1 aliphatic heterocycles. The fourth-order valence-corrected chi connectivity index (χ4v) is 3.15. The molecule has 1 saturated heterocycles. The van der Waals surface area contributed by atoms with Crippen molar-refractivity contribution < 1.29 is 4.79 Å². The first-order valence-electron chi connectivity index (χ1n) is 7.77. The number of hydrogen-bond acceptors (Lipinski definition) is 2. The Kier molecular flexibility index (Phi) is 4.25. The number of H-pyrrole nitrogens is 1. The predicted octanol–water partition coefficient (Wildman–Crippen LogP) is 2.31. The molecule has 21 heavy (non-hydrogen) atoms. The largest absolute Gasteiger partial charge is 0.361 e. The molecule has 4 nitrogen and oxygen atoms in total. The van der Waals surface area contributed by atoms with Crippen molar-refractivity contribution in [3.8, 4) is 0 Å². The van der Waals surface area contributed by atoms with Gasteiger partial charge in [0.15, 0.2) is 0 Å². The minimum Gasteiger partial charge on any atom is -0.361 e. The van der Waals surface area contributed by atoms with Gasteiger partial charge in [-0.2, -0.15) is 0 Å². The molecular formula is C17H23N3O. The summed E-state index contributed by atoms with van der Waals surface area (Å²) in [6.07, 6.45) is 5.55. The molecule has 0 saturated carbocycles. The minimum absolute atomic E-state index is 0.257. The molecule has 1 aromatic heterocycles. The summed E-state index contributed by atoms with van der Waals surface area (Å²) in [5.74, 6) is 0.257. The smallest absolute Gasteiger partial charge is 0.222 e. The third-order valence-corrected chi connectivity index (χ3v) is 4.53. The molecular weight excluding hydrogens is 262 g/mol. The molecule has 112 valence electrons. The van der Waals surface area contributed by atoms with Crippen molar-refractivity contribution in [1.82, 2.24) is 15.2 Å². The van der Waals surface area contributed by atoms with E-state index in [0.717, 1.165) is 37.9 Å². The van der Waals surface area contributed by atoms with Gasteiger partial charge in [0.2, 0.25) is 5.91 Å². The van der Waals surface area contributed by atoms with Crippen LogP contribution in [0.25, 0.3) is 10.9 Å². The van der Waals surface area contributed by atoms with E-state index >= 15 is 0 Å². The Morgan fingerprint density at radius 3 is 2.86 bits per heavy atom. The van der Waals surface area contributed by atoms with Gasteiger partial charge in [0.25, 0.3) is 0 Å². The standard InChI is InChI=1S/C17H23N3O/c1-20(14-8-10-18-11-9-14)17(21)7-6-13-12-19-16-5-3-2-4-15(13)16/h2-5,12,14,18-19H,6-11H2,1H3. The lowest BCUT2D eigenvalue weighted by Gasteiger charge is -2.31. The van der Waals surface area contributed by atoms with Gasteiger partial charge in [-0.1, -0.05) is 18.2 Å². The average Bonchev–Trinajstić information content (AvgIpc) is 2.96. The third kappa shape index (κ3) is 3.10. The van der Waals surface area contributed by atoms with E-state index in [4.69, 9.17) is 0 Å². The number of aromatic amines is 1. The quantitative estimate of drug-likeness (QED) is 0.905. The van der Waals surface area contributed by atoms with E-state index in [1.165, 1.54) is 10.9 Å². The molecule has 1 amide bonds. The Morgan fingerprint density at radius 2 is 2.05 bits per heavy atom. The van der Waals surface area contributed by atoms with Gasteiger partial charge in [-0.15, -0.1) is 0 Å². The number of aryl methyl sites for hydroxylation is 1. The molecule has 1 fully saturated rings. The second kappa shape index (κ2) is 6.31. The number of aromatic nitrogens is 1. The summed E-state index contributed by atoms with van der Waals surface area (Å²) in [6.45, 7) is 2.04. The Balaban J connectivity index is 1.60. The van der Waals surface area contributed by atoms with E-state index in [9.17, 15) is 4.79 Å². The molecule has 0 atom stereocenters. The number of fused-ring (bicyclic) bond motifs is 1. The van der Waals surface area contributed by atoms with Crippen LogP contribution in [0.15, 0.2) is 30.5 Å². The zero-order valence-electron chi connectivity index (χ0n) is 12.6. The zero-order valence-corrected chi connectivity index (χ0v) is 12.6. The number of para-hydroxylation sites is 1. The summed E-state index contributed by atoms with van der Waals surface area (Å²) in [7, 11) is 1.95. The molecule has 2 N–H and O–H groups in total. The summed E-state index contributed by atoms with van der Waals surface area (Å²) >= 11 is 0. The van der Waals surface area contributed by atoms with Gasteiger partial charge in [-0.25, -0.2) is 0 Å². The normalized spacial score (nSPS) is 16.2. The van der Waals surface area contributed by atoms with Crippen molar-refractivity contribution in [2.45, 2.75) is 31.7 Å². The summed E-state index contributed by atoms with van der Waals surface area (Å²) in [6, 6.07) is 8.66. The van der Waals surface area contributed by atoms with E-state index in [1.807, 2.05) is 30.3 Å². The molecule has 0 unspecified atom stereocenters. The number of hydrogen-bond donors (Lipinski definition) is 2. The van der Waals surface area contributed by atoms with Crippen LogP contribution < -0.4 is 5.32 Å². The number of benzene rings is 1.